The minimum absolute atomic E-state index is 0.149. The van der Waals surface area contributed by atoms with E-state index in [1.807, 2.05) is 13.8 Å². The van der Waals surface area contributed by atoms with Gasteiger partial charge in [0.15, 0.2) is 5.79 Å². The molecule has 0 aliphatic carbocycles. The third-order valence-electron chi connectivity index (χ3n) is 5.86. The first-order valence-corrected chi connectivity index (χ1v) is 9.94. The molecular formula is C22H28O8. The van der Waals surface area contributed by atoms with Crippen LogP contribution >= 0.6 is 0 Å². The van der Waals surface area contributed by atoms with E-state index in [9.17, 15) is 14.4 Å². The summed E-state index contributed by atoms with van der Waals surface area (Å²) in [6, 6.07) is 0. The van der Waals surface area contributed by atoms with Gasteiger partial charge < -0.3 is 23.7 Å². The second-order valence-corrected chi connectivity index (χ2v) is 8.31. The monoisotopic (exact) mass is 420 g/mol. The van der Waals surface area contributed by atoms with Crippen LogP contribution in [0.1, 0.15) is 47.0 Å². The molecule has 0 N–H and O–H groups in total. The van der Waals surface area contributed by atoms with Crippen molar-refractivity contribution in [3.63, 3.8) is 0 Å². The van der Waals surface area contributed by atoms with Crippen molar-refractivity contribution in [2.75, 3.05) is 13.7 Å². The number of carbonyl (C=O) groups is 3. The van der Waals surface area contributed by atoms with Gasteiger partial charge in [0.1, 0.15) is 18.5 Å². The molecule has 0 amide bonds. The van der Waals surface area contributed by atoms with E-state index in [4.69, 9.17) is 23.7 Å². The van der Waals surface area contributed by atoms with Gasteiger partial charge in [0.25, 0.3) is 0 Å². The first kappa shape index (κ1) is 22.2. The van der Waals surface area contributed by atoms with Crippen LogP contribution in [0.3, 0.4) is 0 Å². The maximum Gasteiger partial charge on any atom is 0.343 e. The average Bonchev–Trinajstić information content (AvgIpc) is 3.16. The Bertz CT molecular complexity index is 853. The van der Waals surface area contributed by atoms with Crippen LogP contribution in [0.5, 0.6) is 0 Å². The normalized spacial score (nSPS) is 33.0. The lowest BCUT2D eigenvalue weighted by molar-refractivity contribution is -0.255. The minimum Gasteiger partial charge on any atom is -0.461 e. The van der Waals surface area contributed by atoms with Crippen molar-refractivity contribution in [1.29, 1.82) is 0 Å². The van der Waals surface area contributed by atoms with Gasteiger partial charge in [-0.05, 0) is 32.8 Å². The van der Waals surface area contributed by atoms with E-state index in [2.05, 4.69) is 6.58 Å². The minimum atomic E-state index is -0.862. The summed E-state index contributed by atoms with van der Waals surface area (Å²) in [4.78, 5) is 36.3. The van der Waals surface area contributed by atoms with Crippen LogP contribution in [0.15, 0.2) is 35.1 Å². The molecular weight excluding hydrogens is 392 g/mol. The molecule has 3 heterocycles. The van der Waals surface area contributed by atoms with Gasteiger partial charge in [-0.25, -0.2) is 9.59 Å². The fraction of sp³-hybridized carbons (Fsp3) is 0.591. The van der Waals surface area contributed by atoms with Gasteiger partial charge in [0, 0.05) is 37.5 Å². The Morgan fingerprint density at radius 3 is 2.60 bits per heavy atom. The lowest BCUT2D eigenvalue weighted by Gasteiger charge is -2.36. The molecule has 8 heteroatoms. The number of hydrogen-bond donors (Lipinski definition) is 0. The van der Waals surface area contributed by atoms with Crippen LogP contribution in [0.25, 0.3) is 0 Å². The van der Waals surface area contributed by atoms with Gasteiger partial charge in [-0.15, -0.1) is 0 Å². The van der Waals surface area contributed by atoms with Crippen LogP contribution in [0.2, 0.25) is 0 Å². The van der Waals surface area contributed by atoms with E-state index in [0.29, 0.717) is 24.8 Å². The highest BCUT2D eigenvalue weighted by Gasteiger charge is 2.53. The Labute approximate surface area is 175 Å². The zero-order valence-electron chi connectivity index (χ0n) is 18.0. The predicted molar refractivity (Wildman–Crippen MR) is 105 cm³/mol. The lowest BCUT2D eigenvalue weighted by Crippen LogP contribution is -2.42. The highest BCUT2D eigenvalue weighted by molar-refractivity contribution is 5.96. The second-order valence-electron chi connectivity index (χ2n) is 8.31. The maximum atomic E-state index is 12.6. The van der Waals surface area contributed by atoms with Crippen LogP contribution in [-0.4, -0.2) is 49.1 Å². The summed E-state index contributed by atoms with van der Waals surface area (Å²) in [5.74, 6) is -2.55. The van der Waals surface area contributed by atoms with Crippen molar-refractivity contribution in [2.45, 2.75) is 64.4 Å². The van der Waals surface area contributed by atoms with Gasteiger partial charge in [-0.1, -0.05) is 13.5 Å². The molecule has 8 nitrogen and oxygen atoms in total. The smallest absolute Gasteiger partial charge is 0.343 e. The summed E-state index contributed by atoms with van der Waals surface area (Å²) in [5, 5.41) is 0. The van der Waals surface area contributed by atoms with E-state index < -0.39 is 35.4 Å². The van der Waals surface area contributed by atoms with Gasteiger partial charge in [-0.2, -0.15) is 0 Å². The van der Waals surface area contributed by atoms with Gasteiger partial charge in [0.05, 0.1) is 11.2 Å². The lowest BCUT2D eigenvalue weighted by atomic mass is 9.85. The molecule has 0 aromatic carbocycles. The zero-order valence-corrected chi connectivity index (χ0v) is 18.0. The number of rotatable bonds is 5. The molecule has 3 aliphatic rings. The summed E-state index contributed by atoms with van der Waals surface area (Å²) >= 11 is 0. The van der Waals surface area contributed by atoms with Crippen molar-refractivity contribution >= 4 is 17.9 Å². The molecule has 0 aromatic rings. The Morgan fingerprint density at radius 1 is 1.30 bits per heavy atom. The van der Waals surface area contributed by atoms with E-state index >= 15 is 0 Å². The topological polar surface area (TPSA) is 97.4 Å². The Balaban J connectivity index is 2.13. The first-order valence-electron chi connectivity index (χ1n) is 9.94. The van der Waals surface area contributed by atoms with Gasteiger partial charge in [0.2, 0.25) is 0 Å². The molecule has 164 valence electrons. The van der Waals surface area contributed by atoms with Crippen molar-refractivity contribution in [3.8, 4) is 0 Å². The fourth-order valence-corrected chi connectivity index (χ4v) is 4.19. The summed E-state index contributed by atoms with van der Waals surface area (Å²) < 4.78 is 28.4. The number of methoxy groups -OCH3 is 1. The Kier molecular flexibility index (Phi) is 5.93. The first-order chi connectivity index (χ1) is 14.0. The second kappa shape index (κ2) is 8.00. The van der Waals surface area contributed by atoms with E-state index in [1.165, 1.54) is 6.92 Å². The number of fused-ring (bicyclic) bond motifs is 3. The van der Waals surface area contributed by atoms with Crippen molar-refractivity contribution in [1.82, 2.24) is 0 Å². The molecule has 0 spiro atoms. The summed E-state index contributed by atoms with van der Waals surface area (Å²) in [5.41, 5.74) is 0.0314. The summed E-state index contributed by atoms with van der Waals surface area (Å²) in [7, 11) is 1.59. The Morgan fingerprint density at radius 2 is 2.00 bits per heavy atom. The number of carbonyl (C=O) groups excluding carboxylic acids is 3. The molecule has 1 saturated heterocycles. The predicted octanol–water partition coefficient (Wildman–Crippen LogP) is 2.73. The molecule has 3 rings (SSSR count). The van der Waals surface area contributed by atoms with Crippen molar-refractivity contribution < 1.29 is 38.1 Å². The average molecular weight is 420 g/mol. The standard InChI is InChI=1S/C22H28O8/c1-12(2)19(24)28-16-9-13(3)22(26-6)8-7-21(5,30-22)10-17-18(16)15(20(25)29-17)11-27-14(4)23/h10,13,16H,1,7-9,11H2,2-6H3/t13-,16+,21-,22+/m1/s1. The number of hydrogen-bond acceptors (Lipinski definition) is 8. The van der Waals surface area contributed by atoms with Crippen LogP contribution in [0, 0.1) is 5.92 Å². The third kappa shape index (κ3) is 4.06. The van der Waals surface area contributed by atoms with Crippen LogP contribution in [-0.2, 0) is 38.1 Å². The molecule has 0 saturated carbocycles. The largest absolute Gasteiger partial charge is 0.461 e. The molecule has 0 unspecified atom stereocenters. The third-order valence-corrected chi connectivity index (χ3v) is 5.86. The fourth-order valence-electron chi connectivity index (χ4n) is 4.19. The quantitative estimate of drug-likeness (QED) is 0.380. The van der Waals surface area contributed by atoms with Crippen LogP contribution < -0.4 is 0 Å². The molecule has 1 fully saturated rings. The van der Waals surface area contributed by atoms with Crippen LogP contribution in [0.4, 0.5) is 0 Å². The number of ether oxygens (including phenoxy) is 5. The maximum absolute atomic E-state index is 12.6. The summed E-state index contributed by atoms with van der Waals surface area (Å²) in [6.45, 7) is 10.0. The van der Waals surface area contributed by atoms with Crippen molar-refractivity contribution in [2.24, 2.45) is 5.92 Å². The zero-order chi connectivity index (χ0) is 22.3. The van der Waals surface area contributed by atoms with Gasteiger partial charge >= 0.3 is 17.9 Å². The van der Waals surface area contributed by atoms with E-state index in [1.54, 1.807) is 20.1 Å². The molecule has 0 aromatic heterocycles. The molecule has 0 radical (unpaired) electrons. The highest BCUT2D eigenvalue weighted by Crippen LogP contribution is 2.49. The molecule has 2 bridgehead atoms. The van der Waals surface area contributed by atoms with E-state index in [0.717, 1.165) is 0 Å². The molecule has 3 aliphatic heterocycles. The number of esters is 3. The van der Waals surface area contributed by atoms with Gasteiger partial charge in [-0.3, -0.25) is 4.79 Å². The SMILES string of the molecule is C=C(C)C(=O)O[C@H]1C[C@@H](C)[C@]2(OC)CC[C@](C)(C=C3OC(=O)C(COC(C)=O)=C31)O2. The van der Waals surface area contributed by atoms with E-state index in [-0.39, 0.29) is 29.4 Å². The van der Waals surface area contributed by atoms with Crippen molar-refractivity contribution in [3.05, 3.63) is 35.1 Å². The summed E-state index contributed by atoms with van der Waals surface area (Å²) in [6.07, 6.45) is 2.51. The molecule has 4 atom stereocenters. The Hall–Kier alpha value is -2.45. The highest BCUT2D eigenvalue weighted by atomic mass is 16.7. The molecule has 30 heavy (non-hydrogen) atoms.